The minimum Gasteiger partial charge on any atom is -0.304 e. The van der Waals surface area contributed by atoms with Crippen LogP contribution in [0.25, 0.3) is 0 Å². The summed E-state index contributed by atoms with van der Waals surface area (Å²) in [7, 11) is 0. The lowest BCUT2D eigenvalue weighted by atomic mass is 9.97. The van der Waals surface area contributed by atoms with Crippen LogP contribution in [0.5, 0.6) is 0 Å². The smallest absolute Gasteiger partial charge is 0.00132 e. The Bertz CT molecular complexity index is 106. The molecule has 2 heteroatoms. The van der Waals surface area contributed by atoms with E-state index in [1.165, 1.54) is 32.5 Å². The van der Waals surface area contributed by atoms with Crippen molar-refractivity contribution in [3.63, 3.8) is 0 Å². The molecule has 1 aliphatic rings. The molecule has 1 saturated heterocycles. The van der Waals surface area contributed by atoms with E-state index in [4.69, 9.17) is 0 Å². The molecule has 0 unspecified atom stereocenters. The van der Waals surface area contributed by atoms with Gasteiger partial charge in [0.15, 0.2) is 0 Å². The third-order valence-electron chi connectivity index (χ3n) is 2.41. The summed E-state index contributed by atoms with van der Waals surface area (Å²) in [5.74, 6) is 0.794. The largest absolute Gasteiger partial charge is 0.304 e. The average Bonchev–Trinajstić information content (AvgIpc) is 2.05. The maximum Gasteiger partial charge on any atom is -0.00132 e. The second-order valence-electron chi connectivity index (χ2n) is 3.01. The molecule has 0 bridgehead atoms. The minimum atomic E-state index is 0. The summed E-state index contributed by atoms with van der Waals surface area (Å²) >= 11 is 0. The topological polar surface area (TPSA) is 3.24 Å². The predicted octanol–water partition coefficient (Wildman–Crippen LogP) is 2.48. The molecule has 0 atom stereocenters. The van der Waals surface area contributed by atoms with E-state index in [1.54, 1.807) is 0 Å². The van der Waals surface area contributed by atoms with Gasteiger partial charge in [0.1, 0.15) is 0 Å². The third-order valence-corrected chi connectivity index (χ3v) is 2.41. The zero-order valence-electron chi connectivity index (χ0n) is 7.25. The molecule has 0 radical (unpaired) electrons. The summed E-state index contributed by atoms with van der Waals surface area (Å²) in [6.07, 6.45) is 4.74. The number of likely N-dealkylation sites (tertiary alicyclic amines) is 1. The van der Waals surface area contributed by atoms with Crippen LogP contribution in [0.3, 0.4) is 0 Å². The summed E-state index contributed by atoms with van der Waals surface area (Å²) in [6.45, 7) is 9.80. The Morgan fingerprint density at radius 2 is 2.00 bits per heavy atom. The van der Waals surface area contributed by atoms with Gasteiger partial charge in [-0.25, -0.2) is 0 Å². The number of halogens is 1. The Labute approximate surface area is 80.2 Å². The SMILES string of the molecule is Br.C=CC1CCN(CC)CC1. The highest BCUT2D eigenvalue weighted by Gasteiger charge is 2.14. The molecule has 1 nitrogen and oxygen atoms in total. The van der Waals surface area contributed by atoms with Gasteiger partial charge in [-0.2, -0.15) is 0 Å². The van der Waals surface area contributed by atoms with Crippen LogP contribution in [0, 0.1) is 5.92 Å². The summed E-state index contributed by atoms with van der Waals surface area (Å²) in [4.78, 5) is 2.50. The van der Waals surface area contributed by atoms with Crippen LogP contribution in [0.4, 0.5) is 0 Å². The van der Waals surface area contributed by atoms with Gasteiger partial charge in [0.05, 0.1) is 0 Å². The van der Waals surface area contributed by atoms with Gasteiger partial charge in [-0.1, -0.05) is 13.0 Å². The maximum atomic E-state index is 3.82. The van der Waals surface area contributed by atoms with Gasteiger partial charge in [-0.05, 0) is 38.4 Å². The van der Waals surface area contributed by atoms with E-state index >= 15 is 0 Å². The second kappa shape index (κ2) is 5.78. The van der Waals surface area contributed by atoms with Crippen molar-refractivity contribution in [1.82, 2.24) is 4.90 Å². The third kappa shape index (κ3) is 3.39. The second-order valence-corrected chi connectivity index (χ2v) is 3.01. The minimum absolute atomic E-state index is 0. The lowest BCUT2D eigenvalue weighted by Gasteiger charge is -2.29. The summed E-state index contributed by atoms with van der Waals surface area (Å²) in [5.41, 5.74) is 0. The van der Waals surface area contributed by atoms with Gasteiger partial charge in [0, 0.05) is 0 Å². The molecule has 1 fully saturated rings. The van der Waals surface area contributed by atoms with Crippen LogP contribution >= 0.6 is 17.0 Å². The molecule has 0 spiro atoms. The maximum absolute atomic E-state index is 3.82. The van der Waals surface area contributed by atoms with Crippen molar-refractivity contribution in [3.8, 4) is 0 Å². The van der Waals surface area contributed by atoms with Crippen LogP contribution in [0.15, 0.2) is 12.7 Å². The quantitative estimate of drug-likeness (QED) is 0.646. The predicted molar refractivity (Wildman–Crippen MR) is 55.4 cm³/mol. The Morgan fingerprint density at radius 3 is 2.36 bits per heavy atom. The van der Waals surface area contributed by atoms with Crippen molar-refractivity contribution >= 4 is 17.0 Å². The standard InChI is InChI=1S/C9H17N.BrH/c1-3-9-5-7-10(4-2)8-6-9;/h3,9H,1,4-8H2,2H3;1H. The van der Waals surface area contributed by atoms with Crippen LogP contribution < -0.4 is 0 Å². The van der Waals surface area contributed by atoms with E-state index in [-0.39, 0.29) is 17.0 Å². The molecule has 11 heavy (non-hydrogen) atoms. The van der Waals surface area contributed by atoms with E-state index in [2.05, 4.69) is 24.5 Å². The first kappa shape index (κ1) is 11.2. The van der Waals surface area contributed by atoms with Gasteiger partial charge in [0.2, 0.25) is 0 Å². The van der Waals surface area contributed by atoms with Gasteiger partial charge < -0.3 is 4.90 Å². The Kier molecular flexibility index (Phi) is 5.88. The average molecular weight is 220 g/mol. The van der Waals surface area contributed by atoms with Crippen molar-refractivity contribution in [2.24, 2.45) is 5.92 Å². The number of rotatable bonds is 2. The highest BCUT2D eigenvalue weighted by molar-refractivity contribution is 8.93. The van der Waals surface area contributed by atoms with Crippen LogP contribution in [0.1, 0.15) is 19.8 Å². The van der Waals surface area contributed by atoms with E-state index in [0.29, 0.717) is 0 Å². The fourth-order valence-electron chi connectivity index (χ4n) is 1.50. The lowest BCUT2D eigenvalue weighted by molar-refractivity contribution is 0.213. The molecule has 0 amide bonds. The van der Waals surface area contributed by atoms with Gasteiger partial charge in [-0.15, -0.1) is 23.6 Å². The molecule has 1 rings (SSSR count). The van der Waals surface area contributed by atoms with Gasteiger partial charge in [-0.3, -0.25) is 0 Å². The Morgan fingerprint density at radius 1 is 1.45 bits per heavy atom. The highest BCUT2D eigenvalue weighted by atomic mass is 79.9. The fraction of sp³-hybridized carbons (Fsp3) is 0.778. The number of allylic oxidation sites excluding steroid dienone is 1. The fourth-order valence-corrected chi connectivity index (χ4v) is 1.50. The molecular formula is C9H18BrN. The van der Waals surface area contributed by atoms with E-state index in [0.717, 1.165) is 5.92 Å². The molecule has 66 valence electrons. The zero-order chi connectivity index (χ0) is 7.40. The molecule has 0 saturated carbocycles. The van der Waals surface area contributed by atoms with Crippen molar-refractivity contribution in [1.29, 1.82) is 0 Å². The molecule has 0 aromatic heterocycles. The summed E-state index contributed by atoms with van der Waals surface area (Å²) in [5, 5.41) is 0. The van der Waals surface area contributed by atoms with Gasteiger partial charge >= 0.3 is 0 Å². The Balaban J connectivity index is 0.000001000. The molecule has 0 aromatic carbocycles. The molecule has 0 N–H and O–H groups in total. The normalized spacial score (nSPS) is 20.8. The van der Waals surface area contributed by atoms with Crippen molar-refractivity contribution in [2.75, 3.05) is 19.6 Å². The molecule has 0 aromatic rings. The first-order valence-electron chi connectivity index (χ1n) is 4.21. The van der Waals surface area contributed by atoms with E-state index in [1.807, 2.05) is 0 Å². The van der Waals surface area contributed by atoms with Crippen molar-refractivity contribution in [3.05, 3.63) is 12.7 Å². The summed E-state index contributed by atoms with van der Waals surface area (Å²) < 4.78 is 0. The van der Waals surface area contributed by atoms with Crippen LogP contribution in [-0.4, -0.2) is 24.5 Å². The molecule has 1 aliphatic heterocycles. The van der Waals surface area contributed by atoms with E-state index < -0.39 is 0 Å². The van der Waals surface area contributed by atoms with Crippen molar-refractivity contribution in [2.45, 2.75) is 19.8 Å². The number of hydrogen-bond acceptors (Lipinski definition) is 1. The molecular weight excluding hydrogens is 202 g/mol. The van der Waals surface area contributed by atoms with Crippen LogP contribution in [0.2, 0.25) is 0 Å². The first-order valence-corrected chi connectivity index (χ1v) is 4.21. The first-order chi connectivity index (χ1) is 4.86. The van der Waals surface area contributed by atoms with E-state index in [9.17, 15) is 0 Å². The summed E-state index contributed by atoms with van der Waals surface area (Å²) in [6, 6.07) is 0. The Hall–Kier alpha value is 0.180. The molecule has 1 heterocycles. The van der Waals surface area contributed by atoms with Crippen LogP contribution in [-0.2, 0) is 0 Å². The van der Waals surface area contributed by atoms with Crippen molar-refractivity contribution < 1.29 is 0 Å². The molecule has 0 aliphatic carbocycles. The lowest BCUT2D eigenvalue weighted by Crippen LogP contribution is -2.32. The number of nitrogens with zero attached hydrogens (tertiary/aromatic N) is 1. The monoisotopic (exact) mass is 219 g/mol. The number of piperidine rings is 1. The number of hydrogen-bond donors (Lipinski definition) is 0. The zero-order valence-corrected chi connectivity index (χ0v) is 8.97. The highest BCUT2D eigenvalue weighted by Crippen LogP contribution is 2.16. The van der Waals surface area contributed by atoms with Gasteiger partial charge in [0.25, 0.3) is 0 Å².